The summed E-state index contributed by atoms with van der Waals surface area (Å²) in [6.07, 6.45) is 0.359. The maximum absolute atomic E-state index is 13.5. The van der Waals surface area contributed by atoms with Crippen molar-refractivity contribution < 1.29 is 19.1 Å². The average Bonchev–Trinajstić information content (AvgIpc) is 2.86. The molecular weight excluding hydrogens is 452 g/mol. The lowest BCUT2D eigenvalue weighted by molar-refractivity contribution is -0.142. The molecule has 0 aromatic heterocycles. The molecule has 0 unspecified atom stereocenters. The SMILES string of the molecule is CCNC(=O)[C@H](Cc1ccccc1)N(Cc1ccccc1Cl)C(=O)COc1ccccc1OC. The molecule has 0 saturated carbocycles. The first-order valence-electron chi connectivity index (χ1n) is 11.1. The lowest BCUT2D eigenvalue weighted by Gasteiger charge is -2.31. The van der Waals surface area contributed by atoms with E-state index in [1.807, 2.05) is 61.5 Å². The van der Waals surface area contributed by atoms with Gasteiger partial charge in [-0.2, -0.15) is 0 Å². The fraction of sp³-hybridized carbons (Fsp3) is 0.259. The highest BCUT2D eigenvalue weighted by atomic mass is 35.5. The highest BCUT2D eigenvalue weighted by molar-refractivity contribution is 6.31. The van der Waals surface area contributed by atoms with Gasteiger partial charge in [0, 0.05) is 24.5 Å². The van der Waals surface area contributed by atoms with Crippen LogP contribution in [0, 0.1) is 0 Å². The maximum Gasteiger partial charge on any atom is 0.261 e. The first kappa shape index (κ1) is 25.1. The quantitative estimate of drug-likeness (QED) is 0.438. The van der Waals surface area contributed by atoms with Crippen LogP contribution >= 0.6 is 11.6 Å². The number of benzene rings is 3. The smallest absolute Gasteiger partial charge is 0.261 e. The van der Waals surface area contributed by atoms with Crippen molar-refractivity contribution in [3.8, 4) is 11.5 Å². The van der Waals surface area contributed by atoms with E-state index >= 15 is 0 Å². The van der Waals surface area contributed by atoms with E-state index in [-0.39, 0.29) is 25.0 Å². The second kappa shape index (κ2) is 12.7. The van der Waals surface area contributed by atoms with Gasteiger partial charge < -0.3 is 19.7 Å². The molecule has 0 saturated heterocycles. The Morgan fingerprint density at radius 2 is 1.59 bits per heavy atom. The van der Waals surface area contributed by atoms with Crippen molar-refractivity contribution >= 4 is 23.4 Å². The summed E-state index contributed by atoms with van der Waals surface area (Å²) in [4.78, 5) is 28.2. The van der Waals surface area contributed by atoms with E-state index in [1.54, 1.807) is 31.4 Å². The van der Waals surface area contributed by atoms with Gasteiger partial charge in [0.05, 0.1) is 7.11 Å². The molecule has 0 aliphatic carbocycles. The minimum Gasteiger partial charge on any atom is -0.493 e. The first-order chi connectivity index (χ1) is 16.5. The Hall–Kier alpha value is -3.51. The molecule has 1 atom stereocenters. The fourth-order valence-electron chi connectivity index (χ4n) is 3.62. The van der Waals surface area contributed by atoms with Gasteiger partial charge in [0.15, 0.2) is 18.1 Å². The Morgan fingerprint density at radius 3 is 2.26 bits per heavy atom. The van der Waals surface area contributed by atoms with Crippen LogP contribution < -0.4 is 14.8 Å². The largest absolute Gasteiger partial charge is 0.493 e. The molecule has 0 bridgehead atoms. The zero-order valence-corrected chi connectivity index (χ0v) is 20.1. The molecule has 0 radical (unpaired) electrons. The molecule has 0 aliphatic heterocycles. The van der Waals surface area contributed by atoms with E-state index < -0.39 is 6.04 Å². The van der Waals surface area contributed by atoms with Crippen LogP contribution in [-0.4, -0.2) is 43.0 Å². The molecule has 0 fully saturated rings. The zero-order valence-electron chi connectivity index (χ0n) is 19.4. The Labute approximate surface area is 205 Å². The molecule has 34 heavy (non-hydrogen) atoms. The van der Waals surface area contributed by atoms with Crippen LogP contribution in [0.15, 0.2) is 78.9 Å². The summed E-state index contributed by atoms with van der Waals surface area (Å²) in [5.41, 5.74) is 1.69. The molecule has 0 spiro atoms. The van der Waals surface area contributed by atoms with Crippen molar-refractivity contribution in [2.24, 2.45) is 0 Å². The number of methoxy groups -OCH3 is 1. The third kappa shape index (κ3) is 6.75. The van der Waals surface area contributed by atoms with Crippen molar-refractivity contribution in [2.75, 3.05) is 20.3 Å². The molecule has 3 rings (SSSR count). The van der Waals surface area contributed by atoms with Crippen LogP contribution in [-0.2, 0) is 22.6 Å². The van der Waals surface area contributed by atoms with Crippen LogP contribution in [0.2, 0.25) is 5.02 Å². The predicted molar refractivity (Wildman–Crippen MR) is 133 cm³/mol. The first-order valence-corrected chi connectivity index (χ1v) is 11.5. The maximum atomic E-state index is 13.5. The number of nitrogens with zero attached hydrogens (tertiary/aromatic N) is 1. The van der Waals surface area contributed by atoms with E-state index in [0.29, 0.717) is 29.5 Å². The van der Waals surface area contributed by atoms with Gasteiger partial charge in [-0.05, 0) is 36.2 Å². The van der Waals surface area contributed by atoms with Gasteiger partial charge in [-0.25, -0.2) is 0 Å². The second-order valence-corrected chi connectivity index (χ2v) is 8.06. The molecule has 2 amide bonds. The Morgan fingerprint density at radius 1 is 0.941 bits per heavy atom. The molecule has 3 aromatic carbocycles. The van der Waals surface area contributed by atoms with Gasteiger partial charge in [0.25, 0.3) is 5.91 Å². The van der Waals surface area contributed by atoms with Crippen LogP contribution in [0.5, 0.6) is 11.5 Å². The van der Waals surface area contributed by atoms with E-state index in [4.69, 9.17) is 21.1 Å². The number of halogens is 1. The Balaban J connectivity index is 1.91. The van der Waals surface area contributed by atoms with Crippen molar-refractivity contribution in [1.82, 2.24) is 10.2 Å². The van der Waals surface area contributed by atoms with Gasteiger partial charge in [-0.15, -0.1) is 0 Å². The number of rotatable bonds is 11. The summed E-state index contributed by atoms with van der Waals surface area (Å²) in [6, 6.07) is 23.3. The van der Waals surface area contributed by atoms with Crippen molar-refractivity contribution in [3.05, 3.63) is 95.0 Å². The van der Waals surface area contributed by atoms with Gasteiger partial charge in [-0.3, -0.25) is 9.59 Å². The number of para-hydroxylation sites is 2. The highest BCUT2D eigenvalue weighted by Gasteiger charge is 2.31. The summed E-state index contributed by atoms with van der Waals surface area (Å²) >= 11 is 6.40. The van der Waals surface area contributed by atoms with Gasteiger partial charge in [-0.1, -0.05) is 72.3 Å². The predicted octanol–water partition coefficient (Wildman–Crippen LogP) is 4.50. The molecular formula is C27H29ClN2O4. The number of nitrogens with one attached hydrogen (secondary N) is 1. The van der Waals surface area contributed by atoms with Crippen LogP contribution in [0.25, 0.3) is 0 Å². The zero-order chi connectivity index (χ0) is 24.3. The number of carbonyl (C=O) groups is 2. The van der Waals surface area contributed by atoms with E-state index in [2.05, 4.69) is 5.32 Å². The standard InChI is InChI=1S/C27H29ClN2O4/c1-3-29-27(32)23(17-20-11-5-4-6-12-20)30(18-21-13-7-8-14-22(21)28)26(31)19-34-25-16-10-9-15-24(25)33-2/h4-16,23H,3,17-19H2,1-2H3,(H,29,32)/t23-/m0/s1. The van der Waals surface area contributed by atoms with Crippen LogP contribution in [0.4, 0.5) is 0 Å². The number of hydrogen-bond donors (Lipinski definition) is 1. The fourth-order valence-corrected chi connectivity index (χ4v) is 3.81. The van der Waals surface area contributed by atoms with E-state index in [0.717, 1.165) is 11.1 Å². The van der Waals surface area contributed by atoms with Gasteiger partial charge in [0.1, 0.15) is 6.04 Å². The summed E-state index contributed by atoms with van der Waals surface area (Å²) in [5, 5.41) is 3.40. The topological polar surface area (TPSA) is 67.9 Å². The number of hydrogen-bond acceptors (Lipinski definition) is 4. The molecule has 7 heteroatoms. The van der Waals surface area contributed by atoms with Crippen molar-refractivity contribution in [3.63, 3.8) is 0 Å². The minimum atomic E-state index is -0.743. The lowest BCUT2D eigenvalue weighted by atomic mass is 10.0. The van der Waals surface area contributed by atoms with Crippen LogP contribution in [0.3, 0.4) is 0 Å². The van der Waals surface area contributed by atoms with Crippen molar-refractivity contribution in [1.29, 1.82) is 0 Å². The molecule has 178 valence electrons. The van der Waals surface area contributed by atoms with E-state index in [9.17, 15) is 9.59 Å². The second-order valence-electron chi connectivity index (χ2n) is 7.65. The number of ether oxygens (including phenoxy) is 2. The monoisotopic (exact) mass is 480 g/mol. The summed E-state index contributed by atoms with van der Waals surface area (Å²) < 4.78 is 11.1. The normalized spacial score (nSPS) is 11.4. The minimum absolute atomic E-state index is 0.169. The highest BCUT2D eigenvalue weighted by Crippen LogP contribution is 2.26. The number of carbonyl (C=O) groups excluding carboxylic acids is 2. The summed E-state index contributed by atoms with van der Waals surface area (Å²) in [6.45, 7) is 2.22. The molecule has 3 aromatic rings. The van der Waals surface area contributed by atoms with Crippen molar-refractivity contribution in [2.45, 2.75) is 25.9 Å². The third-order valence-corrected chi connectivity index (χ3v) is 5.71. The molecule has 0 aliphatic rings. The average molecular weight is 481 g/mol. The lowest BCUT2D eigenvalue weighted by Crippen LogP contribution is -2.51. The molecule has 6 nitrogen and oxygen atoms in total. The number of amides is 2. The Bertz CT molecular complexity index is 1090. The van der Waals surface area contributed by atoms with Gasteiger partial charge in [0.2, 0.25) is 5.91 Å². The van der Waals surface area contributed by atoms with Crippen LogP contribution in [0.1, 0.15) is 18.1 Å². The van der Waals surface area contributed by atoms with Gasteiger partial charge >= 0.3 is 0 Å². The number of likely N-dealkylation sites (N-methyl/N-ethyl adjacent to an activating group) is 1. The summed E-state index contributed by atoms with van der Waals surface area (Å²) in [7, 11) is 1.54. The summed E-state index contributed by atoms with van der Waals surface area (Å²) in [5.74, 6) is 0.410. The third-order valence-electron chi connectivity index (χ3n) is 5.34. The Kier molecular flexibility index (Phi) is 9.35. The molecule has 0 heterocycles. The van der Waals surface area contributed by atoms with E-state index in [1.165, 1.54) is 4.90 Å². The molecule has 1 N–H and O–H groups in total.